The number of amides is 3. The third-order valence-corrected chi connectivity index (χ3v) is 7.02. The first kappa shape index (κ1) is 31.9. The van der Waals surface area contributed by atoms with Crippen molar-refractivity contribution in [3.05, 3.63) is 93.1 Å². The van der Waals surface area contributed by atoms with Crippen LogP contribution >= 0.6 is 15.9 Å². The van der Waals surface area contributed by atoms with Crippen molar-refractivity contribution < 1.29 is 38.1 Å². The number of rotatable bonds is 12. The van der Waals surface area contributed by atoms with Crippen LogP contribution < -0.4 is 35.0 Å². The largest absolute Gasteiger partial charge is 0.493 e. The number of carbonyl (C=O) groups excluding carboxylic acids is 3. The van der Waals surface area contributed by atoms with E-state index in [1.54, 1.807) is 37.3 Å². The van der Waals surface area contributed by atoms with Crippen LogP contribution in [0.1, 0.15) is 29.7 Å². The van der Waals surface area contributed by atoms with Crippen LogP contribution in [0, 0.1) is 0 Å². The van der Waals surface area contributed by atoms with E-state index >= 15 is 0 Å². The fraction of sp³-hybridized carbons (Fsp3) is 0.226. The van der Waals surface area contributed by atoms with Crippen LogP contribution in [0.5, 0.6) is 23.0 Å². The van der Waals surface area contributed by atoms with E-state index < -0.39 is 23.9 Å². The third kappa shape index (κ3) is 7.86. The molecule has 0 fully saturated rings. The maximum absolute atomic E-state index is 12.5. The Morgan fingerprint density at radius 1 is 0.977 bits per heavy atom. The third-order valence-electron chi connectivity index (χ3n) is 6.43. The molecule has 1 heterocycles. The van der Waals surface area contributed by atoms with Crippen molar-refractivity contribution in [3.8, 4) is 23.0 Å². The first-order chi connectivity index (χ1) is 21.2. The van der Waals surface area contributed by atoms with E-state index in [1.807, 2.05) is 30.3 Å². The molecule has 0 saturated heterocycles. The molecule has 4 rings (SSSR count). The van der Waals surface area contributed by atoms with Gasteiger partial charge in [-0.2, -0.15) is 5.10 Å². The molecule has 13 heteroatoms. The number of benzene rings is 3. The lowest BCUT2D eigenvalue weighted by Gasteiger charge is -2.28. The monoisotopic (exact) mass is 666 g/mol. The number of nitrogens with zero attached hydrogens (tertiary/aromatic N) is 1. The van der Waals surface area contributed by atoms with E-state index in [0.29, 0.717) is 45.2 Å². The second-order valence-corrected chi connectivity index (χ2v) is 10.2. The minimum Gasteiger partial charge on any atom is -0.493 e. The van der Waals surface area contributed by atoms with Gasteiger partial charge in [0.05, 0.1) is 43.6 Å². The molecule has 0 unspecified atom stereocenters. The number of hydrogen-bond donors (Lipinski definition) is 3. The minimum absolute atomic E-state index is 0.249. The van der Waals surface area contributed by atoms with Gasteiger partial charge in [0, 0.05) is 5.70 Å². The molecule has 0 saturated carbocycles. The molecule has 3 amide bonds. The Kier molecular flexibility index (Phi) is 10.8. The Bertz CT molecular complexity index is 1590. The molecule has 1 atom stereocenters. The quantitative estimate of drug-likeness (QED) is 0.147. The SMILES string of the molecule is COC(=O)C1=C(C)NC(=O)N[C@@H]1c1ccc(OCC(=O)N/N=C\c2cc(Br)c(OCc3ccccc3)c(OC)c2)c(OC)c1. The Morgan fingerprint density at radius 2 is 1.73 bits per heavy atom. The number of allylic oxidation sites excluding steroid dienone is 1. The predicted molar refractivity (Wildman–Crippen MR) is 165 cm³/mol. The number of hydrogen-bond acceptors (Lipinski definition) is 9. The highest BCUT2D eigenvalue weighted by Crippen LogP contribution is 2.37. The summed E-state index contributed by atoms with van der Waals surface area (Å²) in [4.78, 5) is 36.9. The van der Waals surface area contributed by atoms with Gasteiger partial charge in [-0.1, -0.05) is 36.4 Å². The molecule has 0 spiro atoms. The standard InChI is InChI=1S/C31H31BrN4O8/c1-18-27(30(38)42-4)28(35-31(39)34-18)21-10-11-23(24(14-21)40-2)43-17-26(37)36-33-15-20-12-22(32)29(25(13-20)41-3)44-16-19-8-6-5-7-9-19/h5-15,28H,16-17H2,1-4H3,(H,36,37)(H2,34,35,39)/b33-15-/t28-/m1/s1. The van der Waals surface area contributed by atoms with Crippen molar-refractivity contribution in [2.24, 2.45) is 5.10 Å². The van der Waals surface area contributed by atoms with Gasteiger partial charge in [0.25, 0.3) is 5.91 Å². The Hall–Kier alpha value is -5.04. The Labute approximate surface area is 262 Å². The fourth-order valence-electron chi connectivity index (χ4n) is 4.35. The maximum Gasteiger partial charge on any atom is 0.337 e. The van der Waals surface area contributed by atoms with Gasteiger partial charge in [-0.05, 0) is 63.8 Å². The van der Waals surface area contributed by atoms with Gasteiger partial charge in [0.1, 0.15) is 6.61 Å². The van der Waals surface area contributed by atoms with E-state index in [9.17, 15) is 14.4 Å². The lowest BCUT2D eigenvalue weighted by Crippen LogP contribution is -2.45. The number of carbonyl (C=O) groups is 3. The average molecular weight is 668 g/mol. The van der Waals surface area contributed by atoms with Crippen molar-refractivity contribution in [2.45, 2.75) is 19.6 Å². The van der Waals surface area contributed by atoms with Crippen LogP contribution in [0.25, 0.3) is 0 Å². The normalized spacial score (nSPS) is 14.4. The van der Waals surface area contributed by atoms with Crippen LogP contribution in [0.4, 0.5) is 4.79 Å². The smallest absolute Gasteiger partial charge is 0.337 e. The summed E-state index contributed by atoms with van der Waals surface area (Å²) in [6.45, 7) is 1.62. The number of esters is 1. The van der Waals surface area contributed by atoms with Crippen molar-refractivity contribution in [2.75, 3.05) is 27.9 Å². The van der Waals surface area contributed by atoms with Gasteiger partial charge in [0.2, 0.25) is 0 Å². The highest BCUT2D eigenvalue weighted by Gasteiger charge is 2.32. The zero-order valence-electron chi connectivity index (χ0n) is 24.4. The molecule has 0 aromatic heterocycles. The summed E-state index contributed by atoms with van der Waals surface area (Å²) in [6, 6.07) is 16.9. The van der Waals surface area contributed by atoms with Crippen LogP contribution in [-0.2, 0) is 20.9 Å². The summed E-state index contributed by atoms with van der Waals surface area (Å²) in [7, 11) is 4.23. The summed E-state index contributed by atoms with van der Waals surface area (Å²) in [6.07, 6.45) is 1.46. The lowest BCUT2D eigenvalue weighted by atomic mass is 9.95. The summed E-state index contributed by atoms with van der Waals surface area (Å²) in [5, 5.41) is 9.29. The molecule has 3 aromatic carbocycles. The minimum atomic E-state index is -0.778. The van der Waals surface area contributed by atoms with E-state index in [2.05, 4.69) is 37.1 Å². The van der Waals surface area contributed by atoms with Crippen LogP contribution in [0.15, 0.2) is 81.5 Å². The highest BCUT2D eigenvalue weighted by molar-refractivity contribution is 9.10. The number of urea groups is 1. The molecular formula is C31H31BrN4O8. The van der Waals surface area contributed by atoms with Crippen molar-refractivity contribution >= 4 is 40.1 Å². The second kappa shape index (κ2) is 14.9. The molecule has 44 heavy (non-hydrogen) atoms. The van der Waals surface area contributed by atoms with Gasteiger partial charge in [0.15, 0.2) is 29.6 Å². The molecule has 230 valence electrons. The van der Waals surface area contributed by atoms with Gasteiger partial charge < -0.3 is 34.3 Å². The lowest BCUT2D eigenvalue weighted by molar-refractivity contribution is -0.136. The maximum atomic E-state index is 12.5. The molecule has 0 aliphatic carbocycles. The molecule has 0 bridgehead atoms. The zero-order valence-corrected chi connectivity index (χ0v) is 26.0. The molecule has 3 aromatic rings. The summed E-state index contributed by atoms with van der Waals surface area (Å²) >= 11 is 3.51. The molecule has 12 nitrogen and oxygen atoms in total. The zero-order chi connectivity index (χ0) is 31.6. The predicted octanol–water partition coefficient (Wildman–Crippen LogP) is 4.38. The van der Waals surface area contributed by atoms with E-state index in [0.717, 1.165) is 5.56 Å². The first-order valence-electron chi connectivity index (χ1n) is 13.3. The average Bonchev–Trinajstić information content (AvgIpc) is 3.02. The Morgan fingerprint density at radius 3 is 2.43 bits per heavy atom. The van der Waals surface area contributed by atoms with Crippen molar-refractivity contribution in [3.63, 3.8) is 0 Å². The van der Waals surface area contributed by atoms with Gasteiger partial charge in [-0.15, -0.1) is 0 Å². The highest BCUT2D eigenvalue weighted by atomic mass is 79.9. The second-order valence-electron chi connectivity index (χ2n) is 9.36. The molecule has 1 aliphatic heterocycles. The summed E-state index contributed by atoms with van der Waals surface area (Å²) in [5.41, 5.74) is 5.26. The molecule has 3 N–H and O–H groups in total. The van der Waals surface area contributed by atoms with Gasteiger partial charge in [-0.25, -0.2) is 15.0 Å². The topological polar surface area (TPSA) is 146 Å². The Balaban J connectivity index is 1.37. The van der Waals surface area contributed by atoms with Crippen LogP contribution in [0.2, 0.25) is 0 Å². The van der Waals surface area contributed by atoms with Crippen molar-refractivity contribution in [1.29, 1.82) is 0 Å². The summed E-state index contributed by atoms with van der Waals surface area (Å²) in [5.74, 6) is 0.500. The van der Waals surface area contributed by atoms with Crippen molar-refractivity contribution in [1.82, 2.24) is 16.1 Å². The number of methoxy groups -OCH3 is 3. The molecule has 0 radical (unpaired) electrons. The number of halogens is 1. The number of nitrogens with one attached hydrogen (secondary N) is 3. The fourth-order valence-corrected chi connectivity index (χ4v) is 4.92. The van der Waals surface area contributed by atoms with Gasteiger partial charge in [-0.3, -0.25) is 4.79 Å². The van der Waals surface area contributed by atoms with E-state index in [1.165, 1.54) is 27.5 Å². The number of ether oxygens (including phenoxy) is 5. The first-order valence-corrected chi connectivity index (χ1v) is 14.1. The van der Waals surface area contributed by atoms with E-state index in [-0.39, 0.29) is 17.9 Å². The van der Waals surface area contributed by atoms with E-state index in [4.69, 9.17) is 23.7 Å². The molecular weight excluding hydrogens is 636 g/mol. The summed E-state index contributed by atoms with van der Waals surface area (Å²) < 4.78 is 28.1. The van der Waals surface area contributed by atoms with Crippen LogP contribution in [-0.4, -0.2) is 52.1 Å². The number of hydrazone groups is 1. The van der Waals surface area contributed by atoms with Gasteiger partial charge >= 0.3 is 12.0 Å². The van der Waals surface area contributed by atoms with Crippen LogP contribution in [0.3, 0.4) is 0 Å². The molecule has 1 aliphatic rings.